The molecule has 19 heavy (non-hydrogen) atoms. The highest BCUT2D eigenvalue weighted by atomic mass is 15.0. The lowest BCUT2D eigenvalue weighted by molar-refractivity contribution is 0.374. The molecule has 1 aliphatic heterocycles. The zero-order chi connectivity index (χ0) is 12.7. The molecule has 0 bridgehead atoms. The maximum absolute atomic E-state index is 3.75. The van der Waals surface area contributed by atoms with Crippen molar-refractivity contribution in [2.75, 3.05) is 13.1 Å². The highest BCUT2D eigenvalue weighted by molar-refractivity contribution is 5.29. The number of hydrogen-bond acceptors (Lipinski definition) is 2. The van der Waals surface area contributed by atoms with Crippen molar-refractivity contribution in [3.05, 3.63) is 35.4 Å². The van der Waals surface area contributed by atoms with E-state index < -0.39 is 0 Å². The Morgan fingerprint density at radius 2 is 1.95 bits per heavy atom. The monoisotopic (exact) mass is 256 g/mol. The predicted octanol–water partition coefficient (Wildman–Crippen LogP) is 2.48. The summed E-state index contributed by atoms with van der Waals surface area (Å²) in [5.74, 6) is 1.07. The first kappa shape index (κ1) is 11.9. The molecule has 2 N–H and O–H groups in total. The molecule has 2 nitrogen and oxygen atoms in total. The van der Waals surface area contributed by atoms with E-state index in [1.54, 1.807) is 0 Å². The Morgan fingerprint density at radius 3 is 2.68 bits per heavy atom. The van der Waals surface area contributed by atoms with Crippen LogP contribution in [-0.2, 0) is 13.0 Å². The third kappa shape index (κ3) is 2.44. The van der Waals surface area contributed by atoms with E-state index in [4.69, 9.17) is 0 Å². The number of nitrogens with one attached hydrogen (secondary N) is 2. The molecule has 1 aromatic carbocycles. The van der Waals surface area contributed by atoms with Crippen LogP contribution in [0.4, 0.5) is 0 Å². The van der Waals surface area contributed by atoms with Crippen molar-refractivity contribution >= 4 is 0 Å². The fraction of sp³-hybridized carbons (Fsp3) is 0.647. The van der Waals surface area contributed by atoms with Crippen LogP contribution in [0.5, 0.6) is 0 Å². The Morgan fingerprint density at radius 1 is 1.16 bits per heavy atom. The summed E-state index contributed by atoms with van der Waals surface area (Å²) < 4.78 is 0. The van der Waals surface area contributed by atoms with Crippen LogP contribution in [0.15, 0.2) is 24.3 Å². The van der Waals surface area contributed by atoms with Gasteiger partial charge in [0.2, 0.25) is 0 Å². The van der Waals surface area contributed by atoms with Gasteiger partial charge in [-0.25, -0.2) is 0 Å². The lowest BCUT2D eigenvalue weighted by Gasteiger charge is -2.27. The Bertz CT molecular complexity index is 460. The van der Waals surface area contributed by atoms with E-state index >= 15 is 0 Å². The molecule has 1 heterocycles. The molecule has 0 spiro atoms. The van der Waals surface area contributed by atoms with E-state index in [-0.39, 0.29) is 0 Å². The molecule has 4 rings (SSSR count). The molecular weight excluding hydrogens is 232 g/mol. The number of fused-ring (bicyclic) bond motifs is 1. The van der Waals surface area contributed by atoms with E-state index in [9.17, 15) is 0 Å². The van der Waals surface area contributed by atoms with Gasteiger partial charge in [-0.3, -0.25) is 0 Å². The van der Waals surface area contributed by atoms with E-state index in [0.717, 1.165) is 24.4 Å². The lowest BCUT2D eigenvalue weighted by Crippen LogP contribution is -2.44. The molecule has 2 aliphatic carbocycles. The van der Waals surface area contributed by atoms with Gasteiger partial charge in [0.25, 0.3) is 0 Å². The number of hydrogen-bond donors (Lipinski definition) is 2. The van der Waals surface area contributed by atoms with Crippen molar-refractivity contribution in [3.63, 3.8) is 0 Å². The summed E-state index contributed by atoms with van der Waals surface area (Å²) in [4.78, 5) is 0. The largest absolute Gasteiger partial charge is 0.315 e. The molecule has 1 aromatic rings. The lowest BCUT2D eigenvalue weighted by atomic mass is 9.95. The van der Waals surface area contributed by atoms with Gasteiger partial charge in [-0.2, -0.15) is 0 Å². The molecule has 0 saturated heterocycles. The second kappa shape index (κ2) is 4.60. The number of benzene rings is 1. The van der Waals surface area contributed by atoms with Gasteiger partial charge < -0.3 is 10.6 Å². The van der Waals surface area contributed by atoms with Crippen molar-refractivity contribution < 1.29 is 0 Å². The highest BCUT2D eigenvalue weighted by Crippen LogP contribution is 2.60. The van der Waals surface area contributed by atoms with Gasteiger partial charge in [0.15, 0.2) is 0 Å². The minimum Gasteiger partial charge on any atom is -0.315 e. The molecule has 2 heteroatoms. The average Bonchev–Trinajstić information content (AvgIpc) is 3.31. The molecule has 0 amide bonds. The van der Waals surface area contributed by atoms with E-state index in [2.05, 4.69) is 34.9 Å². The van der Waals surface area contributed by atoms with Crippen LogP contribution in [0.25, 0.3) is 0 Å². The van der Waals surface area contributed by atoms with Crippen LogP contribution >= 0.6 is 0 Å². The molecule has 2 saturated carbocycles. The van der Waals surface area contributed by atoms with Gasteiger partial charge in [0, 0.05) is 25.7 Å². The second-order valence-corrected chi connectivity index (χ2v) is 6.82. The maximum atomic E-state index is 3.75. The van der Waals surface area contributed by atoms with Crippen LogP contribution in [-0.4, -0.2) is 19.1 Å². The summed E-state index contributed by atoms with van der Waals surface area (Å²) in [5, 5.41) is 7.41. The Kier molecular flexibility index (Phi) is 2.89. The molecule has 1 atom stereocenters. The quantitative estimate of drug-likeness (QED) is 0.846. The van der Waals surface area contributed by atoms with Gasteiger partial charge in [-0.1, -0.05) is 24.3 Å². The fourth-order valence-corrected chi connectivity index (χ4v) is 3.75. The predicted molar refractivity (Wildman–Crippen MR) is 78.0 cm³/mol. The van der Waals surface area contributed by atoms with Gasteiger partial charge in [0.05, 0.1) is 0 Å². The normalized spacial score (nSPS) is 27.9. The summed E-state index contributed by atoms with van der Waals surface area (Å²) >= 11 is 0. The van der Waals surface area contributed by atoms with E-state index in [1.807, 2.05) is 0 Å². The van der Waals surface area contributed by atoms with Crippen LogP contribution in [0.2, 0.25) is 0 Å². The van der Waals surface area contributed by atoms with Crippen LogP contribution < -0.4 is 10.6 Å². The highest BCUT2D eigenvalue weighted by Gasteiger charge is 2.53. The van der Waals surface area contributed by atoms with Crippen molar-refractivity contribution in [1.82, 2.24) is 10.6 Å². The molecular formula is C17H24N2. The van der Waals surface area contributed by atoms with Crippen LogP contribution in [0.3, 0.4) is 0 Å². The SMILES string of the molecule is c1ccc2c(c1)CNC(CNCC1(C3CC3)CC1)C2. The average molecular weight is 256 g/mol. The van der Waals surface area contributed by atoms with Crippen LogP contribution in [0.1, 0.15) is 36.8 Å². The molecule has 0 aromatic heterocycles. The Hall–Kier alpha value is -0.860. The first-order valence-corrected chi connectivity index (χ1v) is 7.87. The van der Waals surface area contributed by atoms with Gasteiger partial charge in [-0.15, -0.1) is 0 Å². The van der Waals surface area contributed by atoms with Crippen molar-refractivity contribution in [3.8, 4) is 0 Å². The van der Waals surface area contributed by atoms with E-state index in [1.165, 1.54) is 49.8 Å². The smallest absolute Gasteiger partial charge is 0.0236 e. The molecule has 102 valence electrons. The van der Waals surface area contributed by atoms with Gasteiger partial charge in [0.1, 0.15) is 0 Å². The number of rotatable bonds is 5. The molecule has 0 radical (unpaired) electrons. The summed E-state index contributed by atoms with van der Waals surface area (Å²) in [5.41, 5.74) is 3.75. The summed E-state index contributed by atoms with van der Waals surface area (Å²) in [6.45, 7) is 3.43. The molecule has 2 fully saturated rings. The first-order valence-electron chi connectivity index (χ1n) is 7.87. The third-order valence-corrected chi connectivity index (χ3v) is 5.37. The van der Waals surface area contributed by atoms with E-state index in [0.29, 0.717) is 6.04 Å². The van der Waals surface area contributed by atoms with Gasteiger partial charge in [-0.05, 0) is 54.6 Å². The Balaban J connectivity index is 1.28. The minimum absolute atomic E-state index is 0.616. The third-order valence-electron chi connectivity index (χ3n) is 5.37. The standard InChI is InChI=1S/C17H24N2/c1-2-4-14-10-19-16(9-13(14)3-1)11-18-12-17(7-8-17)15-5-6-15/h1-4,15-16,18-19H,5-12H2. The van der Waals surface area contributed by atoms with Crippen molar-refractivity contribution in [1.29, 1.82) is 0 Å². The topological polar surface area (TPSA) is 24.1 Å². The summed E-state index contributed by atoms with van der Waals surface area (Å²) in [6, 6.07) is 9.46. The first-order chi connectivity index (χ1) is 9.36. The molecule has 1 unspecified atom stereocenters. The summed E-state index contributed by atoms with van der Waals surface area (Å²) in [6.07, 6.45) is 7.13. The summed E-state index contributed by atoms with van der Waals surface area (Å²) in [7, 11) is 0. The van der Waals surface area contributed by atoms with Gasteiger partial charge >= 0.3 is 0 Å². The zero-order valence-electron chi connectivity index (χ0n) is 11.6. The maximum Gasteiger partial charge on any atom is 0.0236 e. The second-order valence-electron chi connectivity index (χ2n) is 6.82. The van der Waals surface area contributed by atoms with Crippen molar-refractivity contribution in [2.24, 2.45) is 11.3 Å². The fourth-order valence-electron chi connectivity index (χ4n) is 3.75. The minimum atomic E-state index is 0.616. The zero-order valence-corrected chi connectivity index (χ0v) is 11.6. The van der Waals surface area contributed by atoms with Crippen LogP contribution in [0, 0.1) is 11.3 Å². The van der Waals surface area contributed by atoms with Crippen molar-refractivity contribution in [2.45, 2.75) is 44.7 Å². The Labute approximate surface area is 116 Å². The molecule has 3 aliphatic rings.